The van der Waals surface area contributed by atoms with Crippen LogP contribution in [0.25, 0.3) is 4.85 Å². The van der Waals surface area contributed by atoms with Crippen molar-refractivity contribution in [2.45, 2.75) is 6.61 Å². The van der Waals surface area contributed by atoms with Crippen LogP contribution in [0.15, 0.2) is 6.07 Å². The minimum Gasteiger partial charge on any atom is -0.497 e. The van der Waals surface area contributed by atoms with Crippen molar-refractivity contribution in [1.82, 2.24) is 0 Å². The minimum atomic E-state index is -3.66. The van der Waals surface area contributed by atoms with Gasteiger partial charge in [0.05, 0.1) is 19.4 Å². The lowest BCUT2D eigenvalue weighted by atomic mass is 10.1. The fraction of sp³-hybridized carbons (Fsp3) is 0.364. The highest BCUT2D eigenvalue weighted by Crippen LogP contribution is 2.44. The second-order valence-electron chi connectivity index (χ2n) is 3.80. The topological polar surface area (TPSA) is 66.2 Å². The molecule has 0 aromatic heterocycles. The summed E-state index contributed by atoms with van der Waals surface area (Å²) < 4.78 is 50.7. The molecule has 0 atom stereocenters. The van der Waals surface area contributed by atoms with Crippen LogP contribution in [0.5, 0.6) is 11.5 Å². The van der Waals surface area contributed by atoms with Crippen molar-refractivity contribution < 1.29 is 26.5 Å². The number of ether oxygens (including phenoxy) is 2. The first-order valence-electron chi connectivity index (χ1n) is 5.25. The van der Waals surface area contributed by atoms with Gasteiger partial charge < -0.3 is 9.47 Å². The van der Waals surface area contributed by atoms with E-state index in [4.69, 9.17) is 16.0 Å². The van der Waals surface area contributed by atoms with E-state index in [1.54, 1.807) is 0 Å². The summed E-state index contributed by atoms with van der Waals surface area (Å²) in [5.41, 5.74) is -0.0946. The van der Waals surface area contributed by atoms with Crippen molar-refractivity contribution >= 4 is 15.8 Å². The number of nitrogens with zero attached hydrogens (tertiary/aromatic N) is 1. The average molecular weight is 287 g/mol. The van der Waals surface area contributed by atoms with Crippen molar-refractivity contribution in [2.75, 3.05) is 19.5 Å². The van der Waals surface area contributed by atoms with Crippen molar-refractivity contribution in [2.24, 2.45) is 0 Å². The van der Waals surface area contributed by atoms with Gasteiger partial charge in [0.1, 0.15) is 19.0 Å². The molecule has 1 aliphatic rings. The van der Waals surface area contributed by atoms with Crippen LogP contribution < -0.4 is 9.47 Å². The maximum atomic E-state index is 13.7. The summed E-state index contributed by atoms with van der Waals surface area (Å²) in [5.74, 6) is -0.651. The summed E-state index contributed by atoms with van der Waals surface area (Å²) in [5, 5.41) is 0. The normalized spacial score (nSPS) is 13.9. The molecule has 0 unspecified atom stereocenters. The number of halogens is 1. The standard InChI is InChI=1S/C11H10FNO5S/c1-13-9-8(12)5-7(6-18-19(2,14)15)10-11(9)17-4-3-16-10/h5H,3-4,6H2,2H3. The van der Waals surface area contributed by atoms with Gasteiger partial charge in [-0.25, -0.2) is 9.24 Å². The first-order chi connectivity index (χ1) is 8.92. The molecular weight excluding hydrogens is 277 g/mol. The molecule has 1 aromatic rings. The van der Waals surface area contributed by atoms with E-state index in [0.29, 0.717) is 0 Å². The van der Waals surface area contributed by atoms with Crippen molar-refractivity contribution in [3.63, 3.8) is 0 Å². The molecule has 0 aliphatic carbocycles. The minimum absolute atomic E-state index is 0.00616. The molecule has 102 valence electrons. The molecule has 0 bridgehead atoms. The van der Waals surface area contributed by atoms with E-state index < -0.39 is 15.9 Å². The first-order valence-corrected chi connectivity index (χ1v) is 7.07. The fourth-order valence-electron chi connectivity index (χ4n) is 1.61. The second kappa shape index (κ2) is 5.03. The number of hydrogen-bond acceptors (Lipinski definition) is 5. The predicted octanol–water partition coefficient (Wildman–Crippen LogP) is 1.62. The number of hydrogen-bond donors (Lipinski definition) is 0. The average Bonchev–Trinajstić information content (AvgIpc) is 2.35. The Kier molecular flexibility index (Phi) is 3.59. The molecule has 0 saturated carbocycles. The van der Waals surface area contributed by atoms with Crippen LogP contribution in [0.2, 0.25) is 0 Å². The van der Waals surface area contributed by atoms with Crippen LogP contribution in [0.3, 0.4) is 0 Å². The zero-order valence-electron chi connectivity index (χ0n) is 9.97. The van der Waals surface area contributed by atoms with Gasteiger partial charge in [-0.05, 0) is 6.07 Å². The van der Waals surface area contributed by atoms with Gasteiger partial charge in [-0.15, -0.1) is 0 Å². The zero-order valence-corrected chi connectivity index (χ0v) is 10.8. The van der Waals surface area contributed by atoms with Gasteiger partial charge in [0.25, 0.3) is 15.8 Å². The van der Waals surface area contributed by atoms with Crippen LogP contribution in [0.4, 0.5) is 10.1 Å². The van der Waals surface area contributed by atoms with E-state index in [0.717, 1.165) is 12.3 Å². The molecule has 19 heavy (non-hydrogen) atoms. The van der Waals surface area contributed by atoms with Gasteiger partial charge in [-0.2, -0.15) is 8.42 Å². The lowest BCUT2D eigenvalue weighted by Gasteiger charge is -2.22. The summed E-state index contributed by atoms with van der Waals surface area (Å²) in [6.07, 6.45) is 0.890. The quantitative estimate of drug-likeness (QED) is 0.624. The third kappa shape index (κ3) is 2.94. The second-order valence-corrected chi connectivity index (χ2v) is 5.44. The monoisotopic (exact) mass is 287 g/mol. The summed E-state index contributed by atoms with van der Waals surface area (Å²) in [4.78, 5) is 3.04. The third-order valence-corrected chi connectivity index (χ3v) is 2.90. The van der Waals surface area contributed by atoms with E-state index in [-0.39, 0.29) is 42.6 Å². The highest BCUT2D eigenvalue weighted by Gasteiger charge is 2.24. The van der Waals surface area contributed by atoms with Crippen LogP contribution in [-0.2, 0) is 20.9 Å². The Morgan fingerprint density at radius 2 is 2.05 bits per heavy atom. The van der Waals surface area contributed by atoms with Crippen molar-refractivity contribution in [1.29, 1.82) is 0 Å². The smallest absolute Gasteiger partial charge is 0.266 e. The van der Waals surface area contributed by atoms with Crippen LogP contribution in [-0.4, -0.2) is 27.9 Å². The Labute approximate surface area is 109 Å². The molecule has 0 spiro atoms. The van der Waals surface area contributed by atoms with Crippen LogP contribution >= 0.6 is 0 Å². The third-order valence-electron chi connectivity index (χ3n) is 2.36. The molecular formula is C11H10FNO5S. The Hall–Kier alpha value is -1.85. The van der Waals surface area contributed by atoms with E-state index in [2.05, 4.69) is 9.03 Å². The van der Waals surface area contributed by atoms with E-state index in [9.17, 15) is 12.8 Å². The van der Waals surface area contributed by atoms with Gasteiger partial charge in [0, 0.05) is 5.56 Å². The number of rotatable bonds is 3. The number of benzene rings is 1. The number of fused-ring (bicyclic) bond motifs is 1. The first kappa shape index (κ1) is 13.6. The van der Waals surface area contributed by atoms with Gasteiger partial charge in [-0.3, -0.25) is 4.18 Å². The van der Waals surface area contributed by atoms with E-state index in [1.807, 2.05) is 0 Å². The largest absolute Gasteiger partial charge is 0.497 e. The highest BCUT2D eigenvalue weighted by atomic mass is 32.2. The van der Waals surface area contributed by atoms with Crippen molar-refractivity contribution in [3.8, 4) is 11.5 Å². The van der Waals surface area contributed by atoms with Gasteiger partial charge in [-0.1, -0.05) is 0 Å². The summed E-state index contributed by atoms with van der Waals surface area (Å²) in [7, 11) is -3.66. The molecule has 1 heterocycles. The molecule has 0 radical (unpaired) electrons. The van der Waals surface area contributed by atoms with Gasteiger partial charge in [0.2, 0.25) is 0 Å². The molecule has 8 heteroatoms. The highest BCUT2D eigenvalue weighted by molar-refractivity contribution is 7.85. The van der Waals surface area contributed by atoms with Gasteiger partial charge >= 0.3 is 0 Å². The summed E-state index contributed by atoms with van der Waals surface area (Å²) >= 11 is 0. The maximum absolute atomic E-state index is 13.7. The maximum Gasteiger partial charge on any atom is 0.266 e. The SMILES string of the molecule is [C-]#[N+]c1c(F)cc(COS(C)(=O)=O)c2c1OCCO2. The summed E-state index contributed by atoms with van der Waals surface area (Å²) in [6, 6.07) is 1.02. The zero-order chi connectivity index (χ0) is 14.0. The lowest BCUT2D eigenvalue weighted by Crippen LogP contribution is -2.17. The Morgan fingerprint density at radius 3 is 2.63 bits per heavy atom. The fourth-order valence-corrected chi connectivity index (χ4v) is 1.95. The molecule has 1 aromatic carbocycles. The summed E-state index contributed by atoms with van der Waals surface area (Å²) in [6.45, 7) is 6.98. The van der Waals surface area contributed by atoms with Gasteiger partial charge in [0.15, 0.2) is 11.5 Å². The van der Waals surface area contributed by atoms with Crippen molar-refractivity contribution in [3.05, 3.63) is 28.9 Å². The van der Waals surface area contributed by atoms with E-state index in [1.165, 1.54) is 0 Å². The Balaban J connectivity index is 2.45. The molecule has 2 rings (SSSR count). The Morgan fingerprint density at radius 1 is 1.42 bits per heavy atom. The lowest BCUT2D eigenvalue weighted by molar-refractivity contribution is 0.167. The molecule has 0 saturated heterocycles. The van der Waals surface area contributed by atoms with E-state index >= 15 is 0 Å². The molecule has 0 amide bonds. The van der Waals surface area contributed by atoms with Crippen LogP contribution in [0, 0.1) is 12.4 Å². The predicted molar refractivity (Wildman–Crippen MR) is 63.3 cm³/mol. The molecule has 0 N–H and O–H groups in total. The molecule has 0 fully saturated rings. The van der Waals surface area contributed by atoms with Crippen LogP contribution in [0.1, 0.15) is 5.56 Å². The molecule has 1 aliphatic heterocycles. The Bertz CT molecular complexity index is 650. The molecule has 6 nitrogen and oxygen atoms in total.